The van der Waals surface area contributed by atoms with Gasteiger partial charge in [0.1, 0.15) is 0 Å². The van der Waals surface area contributed by atoms with Gasteiger partial charge in [0, 0.05) is 0 Å². The van der Waals surface area contributed by atoms with Crippen LogP contribution in [0.1, 0.15) is 20.3 Å². The molecule has 0 aliphatic carbocycles. The Balaban J connectivity index is 3.90. The maximum Gasteiger partial charge on any atom is -0.0311 e. The van der Waals surface area contributed by atoms with E-state index in [0.29, 0.717) is 0 Å². The van der Waals surface area contributed by atoms with Gasteiger partial charge in [-0.1, -0.05) is 55.5 Å². The molecule has 0 atom stereocenters. The summed E-state index contributed by atoms with van der Waals surface area (Å²) in [7, 11) is 0. The van der Waals surface area contributed by atoms with Crippen LogP contribution in [-0.2, 0) is 0 Å². The van der Waals surface area contributed by atoms with E-state index in [9.17, 15) is 0 Å². The third-order valence-corrected chi connectivity index (χ3v) is 1.45. The average Bonchev–Trinajstić information content (AvgIpc) is 2.05. The molecule has 0 aromatic carbocycles. The fourth-order valence-corrected chi connectivity index (χ4v) is 0.740. The molecule has 60 valence electrons. The number of allylic oxidation sites excluding steroid dienone is 7. The van der Waals surface area contributed by atoms with Crippen LogP contribution in [0.2, 0.25) is 0 Å². The first kappa shape index (κ1) is 9.96. The van der Waals surface area contributed by atoms with E-state index in [2.05, 4.69) is 32.6 Å². The second kappa shape index (κ2) is 7.07. The number of hydrogen-bond acceptors (Lipinski definition) is 0. The van der Waals surface area contributed by atoms with Crippen molar-refractivity contribution < 1.29 is 0 Å². The molecule has 0 N–H and O–H groups in total. The molecule has 0 radical (unpaired) electrons. The molecular formula is C11H16. The maximum absolute atomic E-state index is 3.58. The zero-order valence-corrected chi connectivity index (χ0v) is 7.38. The molecule has 0 fully saturated rings. The summed E-state index contributed by atoms with van der Waals surface area (Å²) in [5.41, 5.74) is 1.36. The van der Waals surface area contributed by atoms with Crippen LogP contribution in [0.25, 0.3) is 0 Å². The third kappa shape index (κ3) is 5.41. The first-order valence-electron chi connectivity index (χ1n) is 3.96. The van der Waals surface area contributed by atoms with Crippen molar-refractivity contribution in [3.8, 4) is 0 Å². The maximum atomic E-state index is 3.58. The van der Waals surface area contributed by atoms with E-state index in [1.807, 2.05) is 18.2 Å². The molecule has 0 heteroatoms. The Morgan fingerprint density at radius 2 is 2.00 bits per heavy atom. The lowest BCUT2D eigenvalue weighted by Crippen LogP contribution is -1.70. The van der Waals surface area contributed by atoms with Gasteiger partial charge < -0.3 is 0 Å². The van der Waals surface area contributed by atoms with Crippen LogP contribution in [-0.4, -0.2) is 0 Å². The van der Waals surface area contributed by atoms with Gasteiger partial charge in [-0.05, 0) is 13.3 Å². The van der Waals surface area contributed by atoms with Gasteiger partial charge in [0.2, 0.25) is 0 Å². The zero-order chi connectivity index (χ0) is 8.53. The van der Waals surface area contributed by atoms with Crippen LogP contribution in [0.5, 0.6) is 0 Å². The Kier molecular flexibility index (Phi) is 6.40. The standard InChI is InChI=1S/C11H16/c1-4-7-8-9-10-11(5-2)6-3/h4-5,7-10H,1,6H2,2-3H3/b8-7-,10-9+,11-5+. The van der Waals surface area contributed by atoms with Crippen molar-refractivity contribution in [2.45, 2.75) is 20.3 Å². The van der Waals surface area contributed by atoms with Crippen molar-refractivity contribution in [3.05, 3.63) is 48.6 Å². The van der Waals surface area contributed by atoms with Crippen LogP contribution in [0.3, 0.4) is 0 Å². The molecule has 0 aliphatic heterocycles. The molecule has 0 aromatic heterocycles. The van der Waals surface area contributed by atoms with Gasteiger partial charge >= 0.3 is 0 Å². The van der Waals surface area contributed by atoms with Crippen molar-refractivity contribution in [3.63, 3.8) is 0 Å². The van der Waals surface area contributed by atoms with Gasteiger partial charge in [0.15, 0.2) is 0 Å². The minimum Gasteiger partial charge on any atom is -0.0991 e. The van der Waals surface area contributed by atoms with E-state index >= 15 is 0 Å². The molecule has 0 saturated carbocycles. The smallest absolute Gasteiger partial charge is 0.0311 e. The predicted molar refractivity (Wildman–Crippen MR) is 52.5 cm³/mol. The summed E-state index contributed by atoms with van der Waals surface area (Å²) in [6.45, 7) is 7.79. The summed E-state index contributed by atoms with van der Waals surface area (Å²) >= 11 is 0. The molecule has 0 aliphatic rings. The Labute approximate surface area is 69.6 Å². The molecule has 0 saturated heterocycles. The second-order valence-corrected chi connectivity index (χ2v) is 2.20. The van der Waals surface area contributed by atoms with Crippen molar-refractivity contribution >= 4 is 0 Å². The molecule has 0 amide bonds. The molecule has 0 nitrogen and oxygen atoms in total. The van der Waals surface area contributed by atoms with Crippen LogP contribution < -0.4 is 0 Å². The molecule has 11 heavy (non-hydrogen) atoms. The summed E-state index contributed by atoms with van der Waals surface area (Å²) in [6.07, 6.45) is 13.0. The lowest BCUT2D eigenvalue weighted by molar-refractivity contribution is 1.14. The first-order valence-corrected chi connectivity index (χ1v) is 3.96. The van der Waals surface area contributed by atoms with Gasteiger partial charge in [-0.25, -0.2) is 0 Å². The van der Waals surface area contributed by atoms with E-state index in [0.717, 1.165) is 6.42 Å². The highest BCUT2D eigenvalue weighted by atomic mass is 13.9. The lowest BCUT2D eigenvalue weighted by atomic mass is 10.2. The van der Waals surface area contributed by atoms with Crippen molar-refractivity contribution in [1.82, 2.24) is 0 Å². The molecule has 0 unspecified atom stereocenters. The Bertz CT molecular complexity index is 180. The van der Waals surface area contributed by atoms with Crippen molar-refractivity contribution in [2.75, 3.05) is 0 Å². The zero-order valence-electron chi connectivity index (χ0n) is 7.38. The Hall–Kier alpha value is -1.04. The molecule has 0 bridgehead atoms. The van der Waals surface area contributed by atoms with Crippen molar-refractivity contribution in [2.24, 2.45) is 0 Å². The van der Waals surface area contributed by atoms with E-state index in [-0.39, 0.29) is 0 Å². The SMILES string of the molecule is C=C\C=C/C=C/C(=C/C)CC. The lowest BCUT2D eigenvalue weighted by Gasteiger charge is -1.90. The minimum absolute atomic E-state index is 1.09. The topological polar surface area (TPSA) is 0 Å². The normalized spacial score (nSPS) is 13.1. The summed E-state index contributed by atoms with van der Waals surface area (Å²) in [5, 5.41) is 0. The highest BCUT2D eigenvalue weighted by Crippen LogP contribution is 2.01. The molecule has 0 heterocycles. The third-order valence-electron chi connectivity index (χ3n) is 1.45. The Morgan fingerprint density at radius 1 is 1.27 bits per heavy atom. The minimum atomic E-state index is 1.09. The van der Waals surface area contributed by atoms with Crippen LogP contribution in [0, 0.1) is 0 Å². The highest BCUT2D eigenvalue weighted by molar-refractivity contribution is 5.22. The predicted octanol–water partition coefficient (Wildman–Crippen LogP) is 3.64. The van der Waals surface area contributed by atoms with Gasteiger partial charge in [-0.3, -0.25) is 0 Å². The second-order valence-electron chi connectivity index (χ2n) is 2.20. The largest absolute Gasteiger partial charge is 0.0991 e. The molecule has 0 rings (SSSR count). The van der Waals surface area contributed by atoms with E-state index in [4.69, 9.17) is 0 Å². The van der Waals surface area contributed by atoms with Crippen LogP contribution in [0.4, 0.5) is 0 Å². The highest BCUT2D eigenvalue weighted by Gasteiger charge is 1.80. The fraction of sp³-hybridized carbons (Fsp3) is 0.273. The summed E-state index contributed by atoms with van der Waals surface area (Å²) in [6, 6.07) is 0. The van der Waals surface area contributed by atoms with Gasteiger partial charge in [0.25, 0.3) is 0 Å². The monoisotopic (exact) mass is 148 g/mol. The summed E-state index contributed by atoms with van der Waals surface area (Å²) < 4.78 is 0. The van der Waals surface area contributed by atoms with Gasteiger partial charge in [-0.2, -0.15) is 0 Å². The van der Waals surface area contributed by atoms with E-state index < -0.39 is 0 Å². The van der Waals surface area contributed by atoms with E-state index in [1.165, 1.54) is 5.57 Å². The van der Waals surface area contributed by atoms with Crippen molar-refractivity contribution in [1.29, 1.82) is 0 Å². The molecular weight excluding hydrogens is 132 g/mol. The van der Waals surface area contributed by atoms with Gasteiger partial charge in [0.05, 0.1) is 0 Å². The fourth-order valence-electron chi connectivity index (χ4n) is 0.740. The van der Waals surface area contributed by atoms with Crippen LogP contribution >= 0.6 is 0 Å². The Morgan fingerprint density at radius 3 is 2.45 bits per heavy atom. The number of rotatable bonds is 4. The quantitative estimate of drug-likeness (QED) is 0.534. The van der Waals surface area contributed by atoms with Gasteiger partial charge in [-0.15, -0.1) is 0 Å². The summed E-state index contributed by atoms with van der Waals surface area (Å²) in [5.74, 6) is 0. The van der Waals surface area contributed by atoms with Crippen LogP contribution in [0.15, 0.2) is 48.6 Å². The summed E-state index contributed by atoms with van der Waals surface area (Å²) in [4.78, 5) is 0. The first-order chi connectivity index (χ1) is 5.35. The number of hydrogen-bond donors (Lipinski definition) is 0. The average molecular weight is 148 g/mol. The molecule has 0 spiro atoms. The molecule has 0 aromatic rings. The van der Waals surface area contributed by atoms with E-state index in [1.54, 1.807) is 6.08 Å².